The third kappa shape index (κ3) is 5.09. The van der Waals surface area contributed by atoms with E-state index >= 15 is 0 Å². The van der Waals surface area contributed by atoms with E-state index in [0.29, 0.717) is 0 Å². The van der Waals surface area contributed by atoms with Crippen LogP contribution in [0.4, 0.5) is 0 Å². The number of guanidine groups is 1. The highest BCUT2D eigenvalue weighted by Gasteiger charge is 2.20. The Labute approximate surface area is 155 Å². The van der Waals surface area contributed by atoms with Crippen molar-refractivity contribution in [3.8, 4) is 0 Å². The van der Waals surface area contributed by atoms with Crippen molar-refractivity contribution in [3.05, 3.63) is 35.8 Å². The van der Waals surface area contributed by atoms with Gasteiger partial charge < -0.3 is 15.0 Å². The molecular formula is C17H26IN5. The molecule has 0 radical (unpaired) electrons. The van der Waals surface area contributed by atoms with Crippen LogP contribution >= 0.6 is 24.0 Å². The molecule has 2 heterocycles. The lowest BCUT2D eigenvalue weighted by molar-refractivity contribution is 0.772. The van der Waals surface area contributed by atoms with Gasteiger partial charge in [-0.05, 0) is 44.2 Å². The van der Waals surface area contributed by atoms with Crippen LogP contribution in [-0.2, 0) is 6.42 Å². The standard InChI is InChI=1S/C17H25N5.HI/c1-3-18-17(20-11-14-6-7-14)19-9-8-15-12-22-10-4-5-13(2)16(22)21-15;/h4-5,10,12,14H,3,6-9,11H2,1-2H3,(H2,18,19,20);1H. The van der Waals surface area contributed by atoms with Crippen LogP contribution in [0.3, 0.4) is 0 Å². The molecule has 6 heteroatoms. The van der Waals surface area contributed by atoms with Gasteiger partial charge in [-0.1, -0.05) is 6.07 Å². The van der Waals surface area contributed by atoms with E-state index in [0.717, 1.165) is 49.3 Å². The Morgan fingerprint density at radius 1 is 1.39 bits per heavy atom. The molecule has 0 atom stereocenters. The van der Waals surface area contributed by atoms with Crippen molar-refractivity contribution < 1.29 is 0 Å². The summed E-state index contributed by atoms with van der Waals surface area (Å²) in [4.78, 5) is 9.33. The predicted octanol–water partition coefficient (Wildman–Crippen LogP) is 2.77. The Morgan fingerprint density at radius 3 is 2.91 bits per heavy atom. The SMILES string of the molecule is CCNC(=NCC1CC1)NCCc1cn2cccc(C)c2n1.I. The van der Waals surface area contributed by atoms with Crippen LogP contribution in [0.15, 0.2) is 29.5 Å². The molecule has 0 aliphatic heterocycles. The average Bonchev–Trinajstić information content (AvgIpc) is 3.24. The van der Waals surface area contributed by atoms with Gasteiger partial charge in [0, 0.05) is 38.4 Å². The number of aliphatic imine (C=N–C) groups is 1. The summed E-state index contributed by atoms with van der Waals surface area (Å²) in [6, 6.07) is 4.15. The van der Waals surface area contributed by atoms with Crippen molar-refractivity contribution in [2.24, 2.45) is 10.9 Å². The van der Waals surface area contributed by atoms with E-state index in [4.69, 9.17) is 4.98 Å². The molecular weight excluding hydrogens is 401 g/mol. The van der Waals surface area contributed by atoms with Crippen LogP contribution in [0, 0.1) is 12.8 Å². The van der Waals surface area contributed by atoms with Crippen molar-refractivity contribution in [3.63, 3.8) is 0 Å². The fourth-order valence-corrected chi connectivity index (χ4v) is 2.50. The number of pyridine rings is 1. The van der Waals surface area contributed by atoms with Crippen molar-refractivity contribution in [2.45, 2.75) is 33.1 Å². The summed E-state index contributed by atoms with van der Waals surface area (Å²) in [5.41, 5.74) is 3.37. The molecule has 2 N–H and O–H groups in total. The lowest BCUT2D eigenvalue weighted by atomic mass is 10.3. The Balaban J connectivity index is 0.00000192. The quantitative estimate of drug-likeness (QED) is 0.424. The smallest absolute Gasteiger partial charge is 0.191 e. The van der Waals surface area contributed by atoms with Gasteiger partial charge in [0.1, 0.15) is 5.65 Å². The largest absolute Gasteiger partial charge is 0.357 e. The fraction of sp³-hybridized carbons (Fsp3) is 0.529. The first-order valence-electron chi connectivity index (χ1n) is 8.21. The normalized spacial score (nSPS) is 14.6. The first-order chi connectivity index (χ1) is 10.8. The highest BCUT2D eigenvalue weighted by atomic mass is 127. The molecule has 1 fully saturated rings. The van der Waals surface area contributed by atoms with Crippen LogP contribution in [0.2, 0.25) is 0 Å². The minimum atomic E-state index is 0. The number of aromatic nitrogens is 2. The molecule has 23 heavy (non-hydrogen) atoms. The lowest BCUT2D eigenvalue weighted by Crippen LogP contribution is -2.38. The van der Waals surface area contributed by atoms with Gasteiger partial charge in [0.25, 0.3) is 0 Å². The van der Waals surface area contributed by atoms with Gasteiger partial charge in [-0.15, -0.1) is 24.0 Å². The maximum Gasteiger partial charge on any atom is 0.191 e. The number of aryl methyl sites for hydroxylation is 1. The van der Waals surface area contributed by atoms with E-state index in [-0.39, 0.29) is 24.0 Å². The number of nitrogens with zero attached hydrogens (tertiary/aromatic N) is 3. The summed E-state index contributed by atoms with van der Waals surface area (Å²) in [7, 11) is 0. The zero-order valence-corrected chi connectivity index (χ0v) is 16.2. The molecule has 1 aliphatic rings. The summed E-state index contributed by atoms with van der Waals surface area (Å²) in [6.07, 6.45) is 7.73. The summed E-state index contributed by atoms with van der Waals surface area (Å²) >= 11 is 0. The fourth-order valence-electron chi connectivity index (χ4n) is 2.50. The summed E-state index contributed by atoms with van der Waals surface area (Å²) in [6.45, 7) is 6.88. The Morgan fingerprint density at radius 2 is 2.22 bits per heavy atom. The molecule has 2 aromatic heterocycles. The minimum Gasteiger partial charge on any atom is -0.357 e. The zero-order chi connectivity index (χ0) is 15.4. The molecule has 0 bridgehead atoms. The minimum absolute atomic E-state index is 0. The molecule has 1 aliphatic carbocycles. The Hall–Kier alpha value is -1.31. The van der Waals surface area contributed by atoms with E-state index in [1.54, 1.807) is 0 Å². The van der Waals surface area contributed by atoms with Crippen LogP contribution in [0.5, 0.6) is 0 Å². The molecule has 0 saturated heterocycles. The number of hydrogen-bond donors (Lipinski definition) is 2. The van der Waals surface area contributed by atoms with Crippen LogP contribution in [0.1, 0.15) is 31.0 Å². The van der Waals surface area contributed by atoms with Crippen molar-refractivity contribution in [1.29, 1.82) is 0 Å². The van der Waals surface area contributed by atoms with E-state index in [1.165, 1.54) is 18.4 Å². The number of hydrogen-bond acceptors (Lipinski definition) is 2. The highest BCUT2D eigenvalue weighted by Crippen LogP contribution is 2.28. The van der Waals surface area contributed by atoms with Crippen LogP contribution in [-0.4, -0.2) is 35.0 Å². The molecule has 0 aromatic carbocycles. The van der Waals surface area contributed by atoms with Gasteiger partial charge in [-0.25, -0.2) is 4.98 Å². The van der Waals surface area contributed by atoms with E-state index in [1.807, 2.05) is 6.20 Å². The van der Waals surface area contributed by atoms with Gasteiger partial charge in [0.15, 0.2) is 5.96 Å². The molecule has 2 aromatic rings. The Kier molecular flexibility index (Phi) is 6.68. The Bertz CT molecular complexity index is 660. The van der Waals surface area contributed by atoms with Crippen molar-refractivity contribution in [1.82, 2.24) is 20.0 Å². The first kappa shape index (κ1) is 18.0. The molecule has 5 nitrogen and oxygen atoms in total. The molecule has 126 valence electrons. The third-order valence-corrected chi connectivity index (χ3v) is 3.95. The van der Waals surface area contributed by atoms with Gasteiger partial charge in [-0.2, -0.15) is 0 Å². The van der Waals surface area contributed by atoms with E-state index < -0.39 is 0 Å². The van der Waals surface area contributed by atoms with E-state index in [9.17, 15) is 0 Å². The average molecular weight is 427 g/mol. The number of imidazole rings is 1. The number of rotatable bonds is 6. The highest BCUT2D eigenvalue weighted by molar-refractivity contribution is 14.0. The summed E-state index contributed by atoms with van der Waals surface area (Å²) in [5.74, 6) is 1.74. The van der Waals surface area contributed by atoms with Gasteiger partial charge in [0.2, 0.25) is 0 Å². The lowest BCUT2D eigenvalue weighted by Gasteiger charge is -2.10. The zero-order valence-electron chi connectivity index (χ0n) is 13.9. The third-order valence-electron chi connectivity index (χ3n) is 3.95. The predicted molar refractivity (Wildman–Crippen MR) is 106 cm³/mol. The summed E-state index contributed by atoms with van der Waals surface area (Å²) < 4.78 is 2.09. The number of halogens is 1. The second-order valence-electron chi connectivity index (χ2n) is 5.99. The van der Waals surface area contributed by atoms with Gasteiger partial charge >= 0.3 is 0 Å². The number of nitrogens with one attached hydrogen (secondary N) is 2. The molecule has 1 saturated carbocycles. The van der Waals surface area contributed by atoms with Crippen LogP contribution < -0.4 is 10.6 Å². The van der Waals surface area contributed by atoms with Crippen molar-refractivity contribution in [2.75, 3.05) is 19.6 Å². The second kappa shape index (κ2) is 8.52. The van der Waals surface area contributed by atoms with E-state index in [2.05, 4.69) is 52.2 Å². The second-order valence-corrected chi connectivity index (χ2v) is 5.99. The van der Waals surface area contributed by atoms with Crippen molar-refractivity contribution >= 4 is 35.6 Å². The maximum atomic E-state index is 4.70. The first-order valence-corrected chi connectivity index (χ1v) is 8.21. The monoisotopic (exact) mass is 427 g/mol. The number of fused-ring (bicyclic) bond motifs is 1. The topological polar surface area (TPSA) is 53.7 Å². The van der Waals surface area contributed by atoms with Crippen LogP contribution in [0.25, 0.3) is 5.65 Å². The maximum absolute atomic E-state index is 4.70. The summed E-state index contributed by atoms with van der Waals surface area (Å²) in [5, 5.41) is 6.70. The van der Waals surface area contributed by atoms with Gasteiger partial charge in [-0.3, -0.25) is 4.99 Å². The van der Waals surface area contributed by atoms with Gasteiger partial charge in [0.05, 0.1) is 5.69 Å². The molecule has 3 rings (SSSR count). The molecule has 0 unspecified atom stereocenters. The molecule has 0 spiro atoms. The molecule has 0 amide bonds.